The summed E-state index contributed by atoms with van der Waals surface area (Å²) in [7, 11) is 0. The summed E-state index contributed by atoms with van der Waals surface area (Å²) >= 11 is 1.65. The summed E-state index contributed by atoms with van der Waals surface area (Å²) < 4.78 is 1.19. The van der Waals surface area contributed by atoms with Gasteiger partial charge in [0, 0.05) is 11.2 Å². The number of fused-ring (bicyclic) bond motifs is 1. The molecule has 0 unspecified atom stereocenters. The first-order chi connectivity index (χ1) is 11.5. The number of benzene rings is 1. The fourth-order valence-corrected chi connectivity index (χ4v) is 4.27. The molecule has 1 aliphatic rings. The summed E-state index contributed by atoms with van der Waals surface area (Å²) in [6.07, 6.45) is 0.986. The lowest BCUT2D eigenvalue weighted by molar-refractivity contribution is -0.147. The van der Waals surface area contributed by atoms with E-state index >= 15 is 0 Å². The Bertz CT molecular complexity index is 821. The molecule has 0 saturated heterocycles. The van der Waals surface area contributed by atoms with Crippen LogP contribution >= 0.6 is 11.3 Å². The van der Waals surface area contributed by atoms with Crippen molar-refractivity contribution >= 4 is 33.3 Å². The summed E-state index contributed by atoms with van der Waals surface area (Å²) in [6.45, 7) is 4.38. The van der Waals surface area contributed by atoms with Gasteiger partial charge in [-0.05, 0) is 49.1 Å². The number of rotatable bonds is 4. The highest BCUT2D eigenvalue weighted by molar-refractivity contribution is 7.17. The molecule has 1 aromatic carbocycles. The van der Waals surface area contributed by atoms with Gasteiger partial charge in [-0.2, -0.15) is 0 Å². The summed E-state index contributed by atoms with van der Waals surface area (Å²) in [4.78, 5) is 24.1. The molecular weight excluding hydrogens is 322 g/mol. The van der Waals surface area contributed by atoms with Crippen molar-refractivity contribution < 1.29 is 14.7 Å². The molecule has 0 aliphatic heterocycles. The third-order valence-corrected chi connectivity index (χ3v) is 5.95. The quantitative estimate of drug-likeness (QED) is 0.826. The Balaban J connectivity index is 1.73. The normalized spacial score (nSPS) is 21.1. The van der Waals surface area contributed by atoms with Crippen LogP contribution in [0.1, 0.15) is 32.3 Å². The highest BCUT2D eigenvalue weighted by Gasteiger charge is 2.37. The monoisotopic (exact) mass is 343 g/mol. The van der Waals surface area contributed by atoms with Crippen LogP contribution in [0.2, 0.25) is 0 Å². The van der Waals surface area contributed by atoms with Crippen LogP contribution in [0, 0.1) is 11.8 Å². The predicted octanol–water partition coefficient (Wildman–Crippen LogP) is 3.96. The Morgan fingerprint density at radius 2 is 1.83 bits per heavy atom. The van der Waals surface area contributed by atoms with Crippen molar-refractivity contribution in [3.05, 3.63) is 46.4 Å². The molecule has 2 N–H and O–H groups in total. The van der Waals surface area contributed by atoms with Gasteiger partial charge in [-0.1, -0.05) is 29.3 Å². The van der Waals surface area contributed by atoms with Crippen LogP contribution in [0.4, 0.5) is 0 Å². The van der Waals surface area contributed by atoms with E-state index in [-0.39, 0.29) is 5.91 Å². The van der Waals surface area contributed by atoms with Gasteiger partial charge in [0.1, 0.15) is 0 Å². The number of hydrogen-bond donors (Lipinski definition) is 2. The van der Waals surface area contributed by atoms with Gasteiger partial charge in [0.25, 0.3) is 0 Å². The molecule has 0 radical (unpaired) electrons. The van der Waals surface area contributed by atoms with E-state index in [1.807, 2.05) is 32.0 Å². The highest BCUT2D eigenvalue weighted by Crippen LogP contribution is 2.34. The zero-order valence-corrected chi connectivity index (χ0v) is 14.7. The summed E-state index contributed by atoms with van der Waals surface area (Å²) in [5.41, 5.74) is 3.30. The van der Waals surface area contributed by atoms with Crippen molar-refractivity contribution in [1.29, 1.82) is 0 Å². The average Bonchev–Trinajstić information content (AvgIpc) is 2.97. The number of carboxylic acid groups (broad SMARTS) is 1. The third-order valence-electron chi connectivity index (χ3n) is 4.93. The molecule has 4 nitrogen and oxygen atoms in total. The van der Waals surface area contributed by atoms with Crippen molar-refractivity contribution in [2.45, 2.75) is 33.2 Å². The lowest BCUT2D eigenvalue weighted by atomic mass is 9.76. The fraction of sp³-hybridized carbons (Fsp3) is 0.368. The second-order valence-corrected chi connectivity index (χ2v) is 7.41. The van der Waals surface area contributed by atoms with Gasteiger partial charge < -0.3 is 10.4 Å². The van der Waals surface area contributed by atoms with E-state index in [9.17, 15) is 14.7 Å². The van der Waals surface area contributed by atoms with E-state index in [4.69, 9.17) is 0 Å². The van der Waals surface area contributed by atoms with Gasteiger partial charge >= 0.3 is 5.97 Å². The third kappa shape index (κ3) is 3.22. The number of thiophene rings is 1. The molecule has 126 valence electrons. The minimum atomic E-state index is -0.886. The van der Waals surface area contributed by atoms with E-state index in [1.54, 1.807) is 11.3 Å². The molecular formula is C19H21NO3S. The zero-order valence-electron chi connectivity index (χ0n) is 13.8. The Kier molecular flexibility index (Phi) is 4.71. The van der Waals surface area contributed by atoms with Crippen molar-refractivity contribution in [1.82, 2.24) is 5.32 Å². The Labute approximate surface area is 145 Å². The van der Waals surface area contributed by atoms with E-state index in [1.165, 1.54) is 4.70 Å². The number of carbonyl (C=O) groups is 2. The standard InChI is InChI=1S/C19H21NO3S/c1-11-7-15(16(19(22)23)8-12(11)2)18(21)20-9-13-10-24-17-6-4-3-5-14(13)17/h3-6,10,15-16H,7-9H2,1-2H3,(H,20,21)(H,22,23)/t15-,16+/m0/s1. The van der Waals surface area contributed by atoms with Crippen LogP contribution in [0.3, 0.4) is 0 Å². The van der Waals surface area contributed by atoms with E-state index in [0.29, 0.717) is 19.4 Å². The summed E-state index contributed by atoms with van der Waals surface area (Å²) in [5.74, 6) is -2.17. The van der Waals surface area contributed by atoms with Crippen LogP contribution < -0.4 is 5.32 Å². The molecule has 1 heterocycles. The lowest BCUT2D eigenvalue weighted by Gasteiger charge is -2.29. The first-order valence-corrected chi connectivity index (χ1v) is 8.96. The smallest absolute Gasteiger partial charge is 0.307 e. The molecule has 24 heavy (non-hydrogen) atoms. The number of amides is 1. The van der Waals surface area contributed by atoms with Gasteiger partial charge in [-0.3, -0.25) is 9.59 Å². The van der Waals surface area contributed by atoms with Gasteiger partial charge in [0.2, 0.25) is 5.91 Å². The van der Waals surface area contributed by atoms with Gasteiger partial charge in [0.15, 0.2) is 0 Å². The molecule has 2 aromatic rings. The van der Waals surface area contributed by atoms with Crippen LogP contribution in [0.5, 0.6) is 0 Å². The first-order valence-electron chi connectivity index (χ1n) is 8.08. The second kappa shape index (κ2) is 6.77. The first kappa shape index (κ1) is 16.7. The predicted molar refractivity (Wildman–Crippen MR) is 95.9 cm³/mol. The van der Waals surface area contributed by atoms with Gasteiger partial charge in [-0.25, -0.2) is 0 Å². The summed E-state index contributed by atoms with van der Waals surface area (Å²) in [6, 6.07) is 8.09. The van der Waals surface area contributed by atoms with Crippen molar-refractivity contribution in [2.24, 2.45) is 11.8 Å². The van der Waals surface area contributed by atoms with Crippen molar-refractivity contribution in [2.75, 3.05) is 0 Å². The molecule has 0 fully saturated rings. The Hall–Kier alpha value is -2.14. The van der Waals surface area contributed by atoms with Crippen molar-refractivity contribution in [3.63, 3.8) is 0 Å². The Morgan fingerprint density at radius 1 is 1.17 bits per heavy atom. The minimum Gasteiger partial charge on any atom is -0.481 e. The lowest BCUT2D eigenvalue weighted by Crippen LogP contribution is -2.39. The van der Waals surface area contributed by atoms with Crippen LogP contribution in [-0.2, 0) is 16.1 Å². The van der Waals surface area contributed by atoms with E-state index in [0.717, 1.165) is 22.1 Å². The number of hydrogen-bond acceptors (Lipinski definition) is 3. The number of nitrogens with one attached hydrogen (secondary N) is 1. The molecule has 0 bridgehead atoms. The number of carboxylic acids is 1. The molecule has 1 aromatic heterocycles. The van der Waals surface area contributed by atoms with E-state index in [2.05, 4.69) is 16.8 Å². The number of aliphatic carboxylic acids is 1. The van der Waals surface area contributed by atoms with Gasteiger partial charge in [-0.15, -0.1) is 11.3 Å². The molecule has 0 spiro atoms. The fourth-order valence-electron chi connectivity index (χ4n) is 3.31. The highest BCUT2D eigenvalue weighted by atomic mass is 32.1. The van der Waals surface area contributed by atoms with Crippen molar-refractivity contribution in [3.8, 4) is 0 Å². The van der Waals surface area contributed by atoms with Crippen LogP contribution in [0.25, 0.3) is 10.1 Å². The maximum Gasteiger partial charge on any atom is 0.307 e. The van der Waals surface area contributed by atoms with E-state index < -0.39 is 17.8 Å². The molecule has 3 rings (SSSR count). The summed E-state index contributed by atoms with van der Waals surface area (Å²) in [5, 5.41) is 15.6. The number of carbonyl (C=O) groups excluding carboxylic acids is 1. The molecule has 0 saturated carbocycles. The molecule has 1 amide bonds. The van der Waals surface area contributed by atoms with Gasteiger partial charge in [0.05, 0.1) is 11.8 Å². The molecule has 1 aliphatic carbocycles. The van der Waals surface area contributed by atoms with Crippen LogP contribution in [-0.4, -0.2) is 17.0 Å². The average molecular weight is 343 g/mol. The number of allylic oxidation sites excluding steroid dienone is 2. The largest absolute Gasteiger partial charge is 0.481 e. The maximum atomic E-state index is 12.6. The zero-order chi connectivity index (χ0) is 17.3. The van der Waals surface area contributed by atoms with Crippen LogP contribution in [0.15, 0.2) is 40.8 Å². The molecule has 5 heteroatoms. The maximum absolute atomic E-state index is 12.6. The topological polar surface area (TPSA) is 66.4 Å². The Morgan fingerprint density at radius 3 is 2.54 bits per heavy atom. The minimum absolute atomic E-state index is 0.162. The SMILES string of the molecule is CC1=C(C)C[C@@H](C(=O)O)[C@@H](C(=O)NCc2csc3ccccc23)C1. The second-order valence-electron chi connectivity index (χ2n) is 6.50. The molecule has 2 atom stereocenters.